The maximum Gasteiger partial charge on any atom is 0.471 e. The highest BCUT2D eigenvalue weighted by Crippen LogP contribution is 2.29. The zero-order chi connectivity index (χ0) is 20.3. The molecule has 3 rings (SSSR count). The molecule has 10 heteroatoms. The number of halogens is 4. The van der Waals surface area contributed by atoms with E-state index in [1.54, 1.807) is 36.6 Å². The Morgan fingerprint density at radius 2 is 2.04 bits per heavy atom. The molecular weight excluding hydrogens is 415 g/mol. The molecule has 0 bridgehead atoms. The van der Waals surface area contributed by atoms with E-state index in [1.807, 2.05) is 0 Å². The first-order valence-corrected chi connectivity index (χ1v) is 9.91. The molecule has 0 spiro atoms. The highest BCUT2D eigenvalue weighted by molar-refractivity contribution is 7.98. The number of aromatic nitrogens is 2. The lowest BCUT2D eigenvalue weighted by Gasteiger charge is -2.22. The molecule has 2 aromatic heterocycles. The smallest absolute Gasteiger partial charge is 0.459 e. The summed E-state index contributed by atoms with van der Waals surface area (Å²) >= 11 is 7.44. The largest absolute Gasteiger partial charge is 0.471 e. The van der Waals surface area contributed by atoms with E-state index in [1.165, 1.54) is 18.1 Å². The number of furan rings is 1. The van der Waals surface area contributed by atoms with Crippen molar-refractivity contribution in [2.75, 3.05) is 18.6 Å². The molecule has 1 aromatic carbocycles. The minimum Gasteiger partial charge on any atom is -0.459 e. The summed E-state index contributed by atoms with van der Waals surface area (Å²) in [6, 6.07) is 8.45. The summed E-state index contributed by atoms with van der Waals surface area (Å²) in [5.74, 6) is -0.794. The van der Waals surface area contributed by atoms with Crippen LogP contribution < -0.4 is 0 Å². The summed E-state index contributed by atoms with van der Waals surface area (Å²) in [7, 11) is 0. The van der Waals surface area contributed by atoms with Gasteiger partial charge in [0.25, 0.3) is 0 Å². The SMILES string of the molecule is CSCCN(Cc1ccc(-c2ccc3ncnc(Cl)c3c2)o1)C(=O)C(F)(F)F. The molecular formula is C18H15ClF3N3O2S. The van der Waals surface area contributed by atoms with Crippen molar-refractivity contribution in [1.29, 1.82) is 0 Å². The minimum atomic E-state index is -4.93. The van der Waals surface area contributed by atoms with E-state index in [0.717, 1.165) is 4.90 Å². The van der Waals surface area contributed by atoms with Crippen molar-refractivity contribution in [3.8, 4) is 11.3 Å². The highest BCUT2D eigenvalue weighted by Gasteiger charge is 2.42. The number of hydrogen-bond donors (Lipinski definition) is 0. The van der Waals surface area contributed by atoms with Crippen molar-refractivity contribution >= 4 is 40.2 Å². The van der Waals surface area contributed by atoms with Crippen molar-refractivity contribution < 1.29 is 22.4 Å². The van der Waals surface area contributed by atoms with Gasteiger partial charge in [-0.2, -0.15) is 24.9 Å². The van der Waals surface area contributed by atoms with Crippen LogP contribution >= 0.6 is 23.4 Å². The molecule has 0 radical (unpaired) electrons. The average Bonchev–Trinajstić information content (AvgIpc) is 3.12. The Bertz CT molecular complexity index is 994. The molecule has 1 amide bonds. The van der Waals surface area contributed by atoms with Crippen LogP contribution in [0.5, 0.6) is 0 Å². The van der Waals surface area contributed by atoms with Crippen molar-refractivity contribution in [3.63, 3.8) is 0 Å². The Hall–Kier alpha value is -2.26. The molecule has 0 atom stereocenters. The van der Waals surface area contributed by atoms with E-state index in [2.05, 4.69) is 9.97 Å². The number of rotatable bonds is 6. The molecule has 148 valence electrons. The molecule has 28 heavy (non-hydrogen) atoms. The topological polar surface area (TPSA) is 59.2 Å². The Kier molecular flexibility index (Phi) is 6.14. The standard InChI is InChI=1S/C18H15ClF3N3O2S/c1-28-7-6-25(17(26)18(20,21)22)9-12-3-5-15(27-12)11-2-4-14-13(8-11)16(19)24-10-23-14/h2-5,8,10H,6-7,9H2,1H3. The van der Waals surface area contributed by atoms with Crippen LogP contribution in [-0.4, -0.2) is 45.5 Å². The lowest BCUT2D eigenvalue weighted by Crippen LogP contribution is -2.41. The van der Waals surface area contributed by atoms with E-state index in [9.17, 15) is 18.0 Å². The van der Waals surface area contributed by atoms with Gasteiger partial charge in [0.05, 0.1) is 12.1 Å². The molecule has 0 fully saturated rings. The second kappa shape index (κ2) is 8.40. The molecule has 0 unspecified atom stereocenters. The predicted molar refractivity (Wildman–Crippen MR) is 102 cm³/mol. The zero-order valence-corrected chi connectivity index (χ0v) is 16.2. The van der Waals surface area contributed by atoms with Gasteiger partial charge in [0.1, 0.15) is 23.0 Å². The van der Waals surface area contributed by atoms with Crippen LogP contribution in [0.1, 0.15) is 5.76 Å². The summed E-state index contributed by atoms with van der Waals surface area (Å²) in [5.41, 5.74) is 1.34. The highest BCUT2D eigenvalue weighted by atomic mass is 35.5. The summed E-state index contributed by atoms with van der Waals surface area (Å²) in [5, 5.41) is 0.922. The van der Waals surface area contributed by atoms with Gasteiger partial charge in [-0.05, 0) is 36.6 Å². The fraction of sp³-hybridized carbons (Fsp3) is 0.278. The fourth-order valence-electron chi connectivity index (χ4n) is 2.62. The first kappa shape index (κ1) is 20.5. The van der Waals surface area contributed by atoms with Crippen LogP contribution in [0.2, 0.25) is 5.15 Å². The summed E-state index contributed by atoms with van der Waals surface area (Å²) in [4.78, 5) is 20.4. The molecule has 3 aromatic rings. The van der Waals surface area contributed by atoms with Crippen LogP contribution in [0.4, 0.5) is 13.2 Å². The Balaban J connectivity index is 1.84. The maximum atomic E-state index is 12.8. The molecule has 2 heterocycles. The second-order valence-corrected chi connectivity index (χ2v) is 7.22. The van der Waals surface area contributed by atoms with Gasteiger partial charge in [0.15, 0.2) is 0 Å². The first-order chi connectivity index (χ1) is 13.3. The number of alkyl halides is 3. The van der Waals surface area contributed by atoms with E-state index in [-0.39, 0.29) is 24.0 Å². The number of nitrogens with zero attached hydrogens (tertiary/aromatic N) is 3. The monoisotopic (exact) mass is 429 g/mol. The van der Waals surface area contributed by atoms with Gasteiger partial charge in [-0.15, -0.1) is 0 Å². The number of carbonyl (C=O) groups is 1. The number of carbonyl (C=O) groups excluding carboxylic acids is 1. The summed E-state index contributed by atoms with van der Waals surface area (Å²) < 4.78 is 44.2. The quantitative estimate of drug-likeness (QED) is 0.527. The van der Waals surface area contributed by atoms with Crippen LogP contribution in [0.15, 0.2) is 41.1 Å². The van der Waals surface area contributed by atoms with Crippen LogP contribution in [0.3, 0.4) is 0 Å². The third-order valence-corrected chi connectivity index (χ3v) is 4.87. The van der Waals surface area contributed by atoms with Crippen molar-refractivity contribution in [3.05, 3.63) is 47.6 Å². The maximum absolute atomic E-state index is 12.8. The Labute approximate surface area is 167 Å². The summed E-state index contributed by atoms with van der Waals surface area (Å²) in [6.07, 6.45) is -1.81. The van der Waals surface area contributed by atoms with Crippen molar-refractivity contribution in [2.24, 2.45) is 0 Å². The molecule has 0 saturated carbocycles. The lowest BCUT2D eigenvalue weighted by molar-refractivity contribution is -0.186. The average molecular weight is 430 g/mol. The van der Waals surface area contributed by atoms with Crippen LogP contribution in [0.25, 0.3) is 22.2 Å². The first-order valence-electron chi connectivity index (χ1n) is 8.14. The zero-order valence-electron chi connectivity index (χ0n) is 14.7. The fourth-order valence-corrected chi connectivity index (χ4v) is 3.22. The lowest BCUT2D eigenvalue weighted by atomic mass is 10.1. The summed E-state index contributed by atoms with van der Waals surface area (Å²) in [6.45, 7) is -0.297. The van der Waals surface area contributed by atoms with E-state index in [4.69, 9.17) is 16.0 Å². The number of hydrogen-bond acceptors (Lipinski definition) is 5. The van der Waals surface area contributed by atoms with Crippen LogP contribution in [-0.2, 0) is 11.3 Å². The molecule has 0 aliphatic rings. The van der Waals surface area contributed by atoms with Gasteiger partial charge >= 0.3 is 12.1 Å². The normalized spacial score (nSPS) is 11.8. The van der Waals surface area contributed by atoms with Gasteiger partial charge in [-0.1, -0.05) is 11.6 Å². The molecule has 5 nitrogen and oxygen atoms in total. The van der Waals surface area contributed by atoms with Gasteiger partial charge in [0, 0.05) is 23.2 Å². The van der Waals surface area contributed by atoms with Gasteiger partial charge in [0.2, 0.25) is 0 Å². The Morgan fingerprint density at radius 1 is 1.25 bits per heavy atom. The number of amides is 1. The Morgan fingerprint density at radius 3 is 2.75 bits per heavy atom. The number of thioether (sulfide) groups is 1. The molecule has 0 saturated heterocycles. The van der Waals surface area contributed by atoms with E-state index < -0.39 is 12.1 Å². The number of benzene rings is 1. The number of fused-ring (bicyclic) bond motifs is 1. The molecule has 0 aliphatic heterocycles. The van der Waals surface area contributed by atoms with E-state index >= 15 is 0 Å². The van der Waals surface area contributed by atoms with Gasteiger partial charge in [-0.3, -0.25) is 4.79 Å². The van der Waals surface area contributed by atoms with Gasteiger partial charge < -0.3 is 9.32 Å². The van der Waals surface area contributed by atoms with E-state index in [0.29, 0.717) is 28.0 Å². The predicted octanol–water partition coefficient (Wildman–Crippen LogP) is 4.80. The van der Waals surface area contributed by atoms with Crippen molar-refractivity contribution in [1.82, 2.24) is 14.9 Å². The third-order valence-electron chi connectivity index (χ3n) is 3.97. The van der Waals surface area contributed by atoms with Crippen molar-refractivity contribution in [2.45, 2.75) is 12.7 Å². The minimum absolute atomic E-state index is 0.0293. The van der Waals surface area contributed by atoms with Crippen LogP contribution in [0, 0.1) is 0 Å². The molecule has 0 N–H and O–H groups in total. The third kappa shape index (κ3) is 4.59. The second-order valence-electron chi connectivity index (χ2n) is 5.88. The van der Waals surface area contributed by atoms with Gasteiger partial charge in [-0.25, -0.2) is 9.97 Å². The molecule has 0 aliphatic carbocycles.